The van der Waals surface area contributed by atoms with Crippen LogP contribution in [0.4, 0.5) is 5.69 Å². The Hall–Kier alpha value is -1.96. The highest BCUT2D eigenvalue weighted by Gasteiger charge is 2.17. The number of anilines is 1. The van der Waals surface area contributed by atoms with Gasteiger partial charge in [-0.15, -0.1) is 0 Å². The van der Waals surface area contributed by atoms with E-state index in [1.54, 1.807) is 6.07 Å². The fourth-order valence-electron chi connectivity index (χ4n) is 2.14. The summed E-state index contributed by atoms with van der Waals surface area (Å²) in [5, 5.41) is 13.2. The molecule has 0 fully saturated rings. The van der Waals surface area contributed by atoms with Crippen molar-refractivity contribution in [3.05, 3.63) is 59.7 Å². The average Bonchev–Trinajstić information content (AvgIpc) is 2.37. The molecule has 0 aromatic heterocycles. The molecular weight excluding hydrogens is 234 g/mol. The topological polar surface area (TPSA) is 32.3 Å². The highest BCUT2D eigenvalue weighted by atomic mass is 16.3. The van der Waals surface area contributed by atoms with Crippen LogP contribution in [0.5, 0.6) is 5.75 Å². The normalized spacial score (nSPS) is 11.3. The van der Waals surface area contributed by atoms with Crippen molar-refractivity contribution in [2.24, 2.45) is 0 Å². The number of hydrogen-bond acceptors (Lipinski definition) is 2. The lowest BCUT2D eigenvalue weighted by atomic mass is 9.86. The second-order valence-electron chi connectivity index (χ2n) is 5.78. The van der Waals surface area contributed by atoms with Crippen LogP contribution in [-0.4, -0.2) is 5.11 Å². The van der Waals surface area contributed by atoms with Crippen LogP contribution in [0.2, 0.25) is 0 Å². The van der Waals surface area contributed by atoms with E-state index in [9.17, 15) is 5.11 Å². The van der Waals surface area contributed by atoms with Crippen molar-refractivity contribution in [3.8, 4) is 5.75 Å². The quantitative estimate of drug-likeness (QED) is 0.857. The van der Waals surface area contributed by atoms with Gasteiger partial charge in [-0.25, -0.2) is 0 Å². The first kappa shape index (κ1) is 13.5. The fourth-order valence-corrected chi connectivity index (χ4v) is 2.14. The van der Waals surface area contributed by atoms with Gasteiger partial charge in [0.2, 0.25) is 0 Å². The fraction of sp³-hybridized carbons (Fsp3) is 0.294. The Morgan fingerprint density at radius 2 is 1.58 bits per heavy atom. The molecule has 0 aliphatic rings. The summed E-state index contributed by atoms with van der Waals surface area (Å²) in [7, 11) is 0. The molecule has 0 saturated heterocycles. The van der Waals surface area contributed by atoms with Crippen LogP contribution >= 0.6 is 0 Å². The Labute approximate surface area is 115 Å². The Balaban J connectivity index is 2.19. The first-order valence-electron chi connectivity index (χ1n) is 6.59. The summed E-state index contributed by atoms with van der Waals surface area (Å²) in [4.78, 5) is 0. The van der Waals surface area contributed by atoms with E-state index in [1.807, 2.05) is 24.3 Å². The number of nitrogens with one attached hydrogen (secondary N) is 1. The highest BCUT2D eigenvalue weighted by Crippen LogP contribution is 2.30. The molecule has 2 nitrogen and oxygen atoms in total. The van der Waals surface area contributed by atoms with Gasteiger partial charge in [0.25, 0.3) is 0 Å². The maximum atomic E-state index is 9.78. The van der Waals surface area contributed by atoms with Crippen molar-refractivity contribution >= 4 is 5.69 Å². The van der Waals surface area contributed by atoms with Crippen molar-refractivity contribution in [2.75, 3.05) is 5.32 Å². The molecule has 0 aliphatic carbocycles. The Bertz CT molecular complexity index is 555. The average molecular weight is 255 g/mol. The third kappa shape index (κ3) is 3.28. The van der Waals surface area contributed by atoms with Crippen LogP contribution in [0.3, 0.4) is 0 Å². The Morgan fingerprint density at radius 3 is 2.26 bits per heavy atom. The molecule has 0 heterocycles. The maximum Gasteiger partial charge on any atom is 0.120 e. The van der Waals surface area contributed by atoms with Gasteiger partial charge in [0.1, 0.15) is 5.75 Å². The third-order valence-corrected chi connectivity index (χ3v) is 3.20. The zero-order valence-corrected chi connectivity index (χ0v) is 11.8. The van der Waals surface area contributed by atoms with Gasteiger partial charge >= 0.3 is 0 Å². The van der Waals surface area contributed by atoms with Gasteiger partial charge in [-0.2, -0.15) is 0 Å². The predicted octanol–water partition coefficient (Wildman–Crippen LogP) is 4.30. The van der Waals surface area contributed by atoms with Crippen LogP contribution in [0.1, 0.15) is 31.9 Å². The van der Waals surface area contributed by atoms with E-state index in [1.165, 1.54) is 5.56 Å². The molecule has 0 bridgehead atoms. The standard InChI is InChI=1S/C17H21NO/c1-17(2,3)14-9-5-6-10-15(14)18-12-13-8-4-7-11-16(13)19/h4-11,18-19H,12H2,1-3H3. The molecule has 2 rings (SSSR count). The lowest BCUT2D eigenvalue weighted by Crippen LogP contribution is -2.14. The largest absolute Gasteiger partial charge is 0.508 e. The second kappa shape index (κ2) is 5.35. The van der Waals surface area contributed by atoms with Crippen LogP contribution in [0, 0.1) is 0 Å². The van der Waals surface area contributed by atoms with Crippen molar-refractivity contribution in [1.82, 2.24) is 0 Å². The van der Waals surface area contributed by atoms with Gasteiger partial charge in [0.05, 0.1) is 0 Å². The molecule has 0 saturated carbocycles. The van der Waals surface area contributed by atoms with Gasteiger partial charge in [-0.1, -0.05) is 57.2 Å². The third-order valence-electron chi connectivity index (χ3n) is 3.20. The van der Waals surface area contributed by atoms with Crippen LogP contribution < -0.4 is 5.32 Å². The van der Waals surface area contributed by atoms with Crippen molar-refractivity contribution in [3.63, 3.8) is 0 Å². The van der Waals surface area contributed by atoms with E-state index >= 15 is 0 Å². The first-order chi connectivity index (χ1) is 8.98. The molecule has 2 aromatic carbocycles. The van der Waals surface area contributed by atoms with E-state index < -0.39 is 0 Å². The molecule has 2 N–H and O–H groups in total. The van der Waals surface area contributed by atoms with Gasteiger partial charge in [-0.05, 0) is 23.1 Å². The summed E-state index contributed by atoms with van der Waals surface area (Å²) in [5.74, 6) is 0.336. The zero-order chi connectivity index (χ0) is 13.9. The number of rotatable bonds is 3. The van der Waals surface area contributed by atoms with E-state index in [2.05, 4.69) is 44.3 Å². The van der Waals surface area contributed by atoms with Crippen LogP contribution in [0.25, 0.3) is 0 Å². The first-order valence-corrected chi connectivity index (χ1v) is 6.59. The molecule has 0 aliphatic heterocycles. The molecule has 2 aromatic rings. The zero-order valence-electron chi connectivity index (χ0n) is 11.8. The lowest BCUT2D eigenvalue weighted by Gasteiger charge is -2.23. The van der Waals surface area contributed by atoms with E-state index in [0.717, 1.165) is 11.3 Å². The SMILES string of the molecule is CC(C)(C)c1ccccc1NCc1ccccc1O. The molecule has 100 valence electrons. The number of phenols is 1. The minimum atomic E-state index is 0.0995. The molecule has 2 heteroatoms. The Morgan fingerprint density at radius 1 is 0.947 bits per heavy atom. The second-order valence-corrected chi connectivity index (χ2v) is 5.78. The van der Waals surface area contributed by atoms with Gasteiger partial charge < -0.3 is 10.4 Å². The molecular formula is C17H21NO. The number of aromatic hydroxyl groups is 1. The minimum absolute atomic E-state index is 0.0995. The molecule has 0 radical (unpaired) electrons. The summed E-state index contributed by atoms with van der Waals surface area (Å²) in [5.41, 5.74) is 3.41. The number of para-hydroxylation sites is 2. The van der Waals surface area contributed by atoms with Crippen molar-refractivity contribution in [1.29, 1.82) is 0 Å². The highest BCUT2D eigenvalue weighted by molar-refractivity contribution is 5.54. The van der Waals surface area contributed by atoms with Gasteiger partial charge in [0.15, 0.2) is 0 Å². The van der Waals surface area contributed by atoms with Gasteiger partial charge in [0, 0.05) is 17.8 Å². The monoisotopic (exact) mass is 255 g/mol. The number of benzene rings is 2. The summed E-state index contributed by atoms with van der Waals surface area (Å²) in [6.07, 6.45) is 0. The Kier molecular flexibility index (Phi) is 3.79. The molecule has 0 atom stereocenters. The van der Waals surface area contributed by atoms with E-state index in [-0.39, 0.29) is 5.41 Å². The van der Waals surface area contributed by atoms with Crippen LogP contribution in [0.15, 0.2) is 48.5 Å². The van der Waals surface area contributed by atoms with Crippen molar-refractivity contribution in [2.45, 2.75) is 32.7 Å². The minimum Gasteiger partial charge on any atom is -0.508 e. The lowest BCUT2D eigenvalue weighted by molar-refractivity contribution is 0.469. The molecule has 0 unspecified atom stereocenters. The van der Waals surface area contributed by atoms with Crippen LogP contribution in [-0.2, 0) is 12.0 Å². The summed E-state index contributed by atoms with van der Waals surface area (Å²) in [6.45, 7) is 7.23. The molecule has 0 spiro atoms. The molecule has 19 heavy (non-hydrogen) atoms. The van der Waals surface area contributed by atoms with Crippen molar-refractivity contribution < 1.29 is 5.11 Å². The molecule has 0 amide bonds. The maximum absolute atomic E-state index is 9.78. The number of phenolic OH excluding ortho intramolecular Hbond substituents is 1. The van der Waals surface area contributed by atoms with E-state index in [0.29, 0.717) is 12.3 Å². The smallest absolute Gasteiger partial charge is 0.120 e. The van der Waals surface area contributed by atoms with E-state index in [4.69, 9.17) is 0 Å². The summed E-state index contributed by atoms with van der Waals surface area (Å²) in [6, 6.07) is 15.7. The summed E-state index contributed by atoms with van der Waals surface area (Å²) >= 11 is 0. The predicted molar refractivity (Wildman–Crippen MR) is 80.6 cm³/mol. The van der Waals surface area contributed by atoms with Gasteiger partial charge in [-0.3, -0.25) is 0 Å². The number of hydrogen-bond donors (Lipinski definition) is 2. The summed E-state index contributed by atoms with van der Waals surface area (Å²) < 4.78 is 0.